The van der Waals surface area contributed by atoms with E-state index in [0.29, 0.717) is 11.1 Å². The summed E-state index contributed by atoms with van der Waals surface area (Å²) in [5, 5.41) is 11.4. The van der Waals surface area contributed by atoms with Gasteiger partial charge in [-0.1, -0.05) is 29.4 Å². The molecule has 0 spiro atoms. The minimum Gasteiger partial charge on any atom is -0.409 e. The van der Waals surface area contributed by atoms with E-state index in [1.54, 1.807) is 12.1 Å². The molecule has 0 amide bonds. The first-order valence-electron chi connectivity index (χ1n) is 5.52. The van der Waals surface area contributed by atoms with Gasteiger partial charge in [0.2, 0.25) is 0 Å². The van der Waals surface area contributed by atoms with Gasteiger partial charge in [-0.15, -0.1) is 0 Å². The first-order valence-corrected chi connectivity index (χ1v) is 5.52. The zero-order valence-electron chi connectivity index (χ0n) is 10.4. The monoisotopic (exact) mass is 284 g/mol. The fourth-order valence-corrected chi connectivity index (χ4v) is 1.72. The summed E-state index contributed by atoms with van der Waals surface area (Å²) in [6.07, 6.45) is -3.56. The number of aryl methyl sites for hydroxylation is 1. The largest absolute Gasteiger partial charge is 0.434 e. The van der Waals surface area contributed by atoms with E-state index in [0.717, 1.165) is 6.20 Å². The second-order valence-electron chi connectivity index (χ2n) is 4.12. The predicted octanol–water partition coefficient (Wildman–Crippen LogP) is 2.20. The number of amidine groups is 1. The number of rotatable bonds is 2. The van der Waals surface area contributed by atoms with Crippen molar-refractivity contribution in [1.29, 1.82) is 0 Å². The molecule has 2 aromatic rings. The molecule has 20 heavy (non-hydrogen) atoms. The molecule has 1 aromatic carbocycles. The molecule has 0 bridgehead atoms. The second-order valence-corrected chi connectivity index (χ2v) is 4.12. The number of alkyl halides is 3. The van der Waals surface area contributed by atoms with Gasteiger partial charge in [0.25, 0.3) is 0 Å². The molecule has 0 unspecified atom stereocenters. The molecule has 0 saturated carbocycles. The third-order valence-corrected chi connectivity index (χ3v) is 2.71. The van der Waals surface area contributed by atoms with E-state index < -0.39 is 11.9 Å². The number of hydrogen-bond donors (Lipinski definition) is 2. The summed E-state index contributed by atoms with van der Waals surface area (Å²) in [4.78, 5) is 3.57. The van der Waals surface area contributed by atoms with Crippen molar-refractivity contribution in [2.75, 3.05) is 0 Å². The number of nitrogens with zero attached hydrogens (tertiary/aromatic N) is 3. The highest BCUT2D eigenvalue weighted by atomic mass is 19.4. The minimum atomic E-state index is -4.48. The number of nitrogens with two attached hydrogens (primary N) is 1. The molecule has 0 aliphatic heterocycles. The summed E-state index contributed by atoms with van der Waals surface area (Å²) >= 11 is 0. The topological polar surface area (TPSA) is 76.4 Å². The van der Waals surface area contributed by atoms with Crippen LogP contribution in [0.4, 0.5) is 13.2 Å². The minimum absolute atomic E-state index is 0.0765. The molecule has 0 aliphatic rings. The van der Waals surface area contributed by atoms with Gasteiger partial charge in [-0.2, -0.15) is 13.2 Å². The molecule has 8 heteroatoms. The van der Waals surface area contributed by atoms with E-state index in [9.17, 15) is 13.2 Å². The van der Waals surface area contributed by atoms with Crippen LogP contribution < -0.4 is 5.73 Å². The highest BCUT2D eigenvalue weighted by Gasteiger charge is 2.34. The van der Waals surface area contributed by atoms with Gasteiger partial charge in [0.1, 0.15) is 5.82 Å². The molecule has 0 atom stereocenters. The molecule has 1 heterocycles. The molecule has 0 radical (unpaired) electrons. The third-order valence-electron chi connectivity index (χ3n) is 2.71. The van der Waals surface area contributed by atoms with Crippen LogP contribution in [0.3, 0.4) is 0 Å². The maximum atomic E-state index is 12.6. The zero-order chi connectivity index (χ0) is 14.9. The van der Waals surface area contributed by atoms with E-state index in [4.69, 9.17) is 10.9 Å². The first-order chi connectivity index (χ1) is 9.32. The lowest BCUT2D eigenvalue weighted by Gasteiger charge is -2.03. The smallest absolute Gasteiger partial charge is 0.409 e. The number of aromatic nitrogens is 2. The Morgan fingerprint density at radius 1 is 1.30 bits per heavy atom. The SMILES string of the molecule is Cn1cc(C(F)(F)F)nc1-c1ccc(C(N)=NO)cc1. The van der Waals surface area contributed by atoms with E-state index in [-0.39, 0.29) is 11.7 Å². The molecule has 5 nitrogen and oxygen atoms in total. The third kappa shape index (κ3) is 2.58. The van der Waals surface area contributed by atoms with Gasteiger partial charge >= 0.3 is 6.18 Å². The fraction of sp³-hybridized carbons (Fsp3) is 0.167. The molecule has 1 aromatic heterocycles. The van der Waals surface area contributed by atoms with Crippen LogP contribution in [0.15, 0.2) is 35.6 Å². The molecular formula is C12H11F3N4O. The number of oxime groups is 1. The Morgan fingerprint density at radius 3 is 2.35 bits per heavy atom. The van der Waals surface area contributed by atoms with Crippen LogP contribution in [-0.2, 0) is 13.2 Å². The highest BCUT2D eigenvalue weighted by Crippen LogP contribution is 2.30. The molecule has 0 aliphatic carbocycles. The molecular weight excluding hydrogens is 273 g/mol. The van der Waals surface area contributed by atoms with Gasteiger partial charge in [0.15, 0.2) is 11.5 Å². The Morgan fingerprint density at radius 2 is 1.90 bits per heavy atom. The molecule has 0 saturated heterocycles. The van der Waals surface area contributed by atoms with Crippen LogP contribution in [0.25, 0.3) is 11.4 Å². The average Bonchev–Trinajstić information content (AvgIpc) is 2.80. The van der Waals surface area contributed by atoms with Gasteiger partial charge in [0, 0.05) is 24.4 Å². The van der Waals surface area contributed by atoms with Crippen LogP contribution in [0.1, 0.15) is 11.3 Å². The molecule has 3 N–H and O–H groups in total. The van der Waals surface area contributed by atoms with E-state index >= 15 is 0 Å². The van der Waals surface area contributed by atoms with Crippen molar-refractivity contribution in [3.63, 3.8) is 0 Å². The molecule has 2 rings (SSSR count). The standard InChI is InChI=1S/C12H11F3N4O/c1-19-6-9(12(13,14)15)17-11(19)8-4-2-7(3-5-8)10(16)18-20/h2-6,20H,1H3,(H2,16,18). The van der Waals surface area contributed by atoms with E-state index in [1.165, 1.54) is 23.7 Å². The van der Waals surface area contributed by atoms with Gasteiger partial charge in [0.05, 0.1) is 0 Å². The lowest BCUT2D eigenvalue weighted by atomic mass is 10.1. The summed E-state index contributed by atoms with van der Waals surface area (Å²) in [6.45, 7) is 0. The van der Waals surface area contributed by atoms with Crippen LogP contribution >= 0.6 is 0 Å². The van der Waals surface area contributed by atoms with Crippen molar-refractivity contribution in [2.24, 2.45) is 17.9 Å². The van der Waals surface area contributed by atoms with Crippen molar-refractivity contribution in [1.82, 2.24) is 9.55 Å². The average molecular weight is 284 g/mol. The van der Waals surface area contributed by atoms with Crippen LogP contribution in [-0.4, -0.2) is 20.6 Å². The summed E-state index contributed by atoms with van der Waals surface area (Å²) in [6, 6.07) is 6.17. The lowest BCUT2D eigenvalue weighted by molar-refractivity contribution is -0.140. The maximum Gasteiger partial charge on any atom is 0.434 e. The Labute approximate surface area is 112 Å². The predicted molar refractivity (Wildman–Crippen MR) is 66.2 cm³/mol. The summed E-state index contributed by atoms with van der Waals surface area (Å²) in [7, 11) is 1.48. The second kappa shape index (κ2) is 4.87. The normalized spacial score (nSPS) is 12.7. The number of benzene rings is 1. The number of imidazole rings is 1. The highest BCUT2D eigenvalue weighted by molar-refractivity contribution is 5.97. The van der Waals surface area contributed by atoms with Gasteiger partial charge in [-0.25, -0.2) is 4.98 Å². The van der Waals surface area contributed by atoms with Crippen molar-refractivity contribution in [2.45, 2.75) is 6.18 Å². The first kappa shape index (κ1) is 13.9. The Hall–Kier alpha value is -2.51. The Balaban J connectivity index is 2.40. The number of hydrogen-bond acceptors (Lipinski definition) is 3. The lowest BCUT2D eigenvalue weighted by Crippen LogP contribution is -2.12. The van der Waals surface area contributed by atoms with Crippen molar-refractivity contribution < 1.29 is 18.4 Å². The van der Waals surface area contributed by atoms with Crippen LogP contribution in [0.2, 0.25) is 0 Å². The van der Waals surface area contributed by atoms with Crippen LogP contribution in [0.5, 0.6) is 0 Å². The summed E-state index contributed by atoms with van der Waals surface area (Å²) < 4.78 is 39.0. The fourth-order valence-electron chi connectivity index (χ4n) is 1.72. The zero-order valence-corrected chi connectivity index (χ0v) is 10.4. The van der Waals surface area contributed by atoms with Gasteiger partial charge in [-0.05, 0) is 0 Å². The van der Waals surface area contributed by atoms with Crippen LogP contribution in [0, 0.1) is 0 Å². The van der Waals surface area contributed by atoms with Gasteiger partial charge < -0.3 is 15.5 Å². The summed E-state index contributed by atoms with van der Waals surface area (Å²) in [5.74, 6) is 0.107. The molecule has 106 valence electrons. The maximum absolute atomic E-state index is 12.6. The Kier molecular flexibility index (Phi) is 3.39. The molecule has 0 fully saturated rings. The number of halogens is 3. The van der Waals surface area contributed by atoms with E-state index in [1.807, 2.05) is 0 Å². The Bertz CT molecular complexity index is 644. The van der Waals surface area contributed by atoms with Crippen molar-refractivity contribution >= 4 is 5.84 Å². The van der Waals surface area contributed by atoms with Crippen molar-refractivity contribution in [3.8, 4) is 11.4 Å². The quantitative estimate of drug-likeness (QED) is 0.384. The van der Waals surface area contributed by atoms with E-state index in [2.05, 4.69) is 10.1 Å². The summed E-state index contributed by atoms with van der Waals surface area (Å²) in [5.41, 5.74) is 5.41. The van der Waals surface area contributed by atoms with Gasteiger partial charge in [-0.3, -0.25) is 0 Å². The van der Waals surface area contributed by atoms with Crippen molar-refractivity contribution in [3.05, 3.63) is 41.7 Å².